The Morgan fingerprint density at radius 3 is 2.81 bits per heavy atom. The average Bonchev–Trinajstić information content (AvgIpc) is 3.13. The number of aromatic nitrogens is 2. The molecule has 2 saturated heterocycles. The molecule has 2 aromatic heterocycles. The van der Waals surface area contributed by atoms with E-state index in [-0.39, 0.29) is 6.04 Å². The first-order valence-electron chi connectivity index (χ1n) is 9.86. The van der Waals surface area contributed by atoms with Gasteiger partial charge in [-0.15, -0.1) is 11.3 Å². The number of rotatable bonds is 4. The van der Waals surface area contributed by atoms with Crippen molar-refractivity contribution in [3.05, 3.63) is 35.0 Å². The number of pyridine rings is 1. The van der Waals surface area contributed by atoms with Crippen molar-refractivity contribution in [3.8, 4) is 0 Å². The Kier molecular flexibility index (Phi) is 5.69. The zero-order valence-corrected chi connectivity index (χ0v) is 16.6. The molecular formula is C20H27N5OS. The number of carbonyl (C=O) groups is 1. The highest BCUT2D eigenvalue weighted by Crippen LogP contribution is 2.30. The van der Waals surface area contributed by atoms with Crippen LogP contribution in [-0.4, -0.2) is 46.5 Å². The summed E-state index contributed by atoms with van der Waals surface area (Å²) in [6.07, 6.45) is 9.08. The number of likely N-dealkylation sites (tertiary alicyclic amines) is 1. The van der Waals surface area contributed by atoms with Crippen LogP contribution in [-0.2, 0) is 4.79 Å². The Balaban J connectivity index is 1.35. The standard InChI is InChI=1S/C20H27N5OS/c1-14-13-23-20(27-14)24-18-12-16(5-9-22-18)15-6-10-25(11-7-15)19(26)17-4-2-3-8-21-17/h5,9,12-13,15,17,21H,2-4,6-8,10-11H2,1H3,(H,22,23,24). The maximum absolute atomic E-state index is 12.7. The van der Waals surface area contributed by atoms with Gasteiger partial charge in [-0.3, -0.25) is 4.79 Å². The van der Waals surface area contributed by atoms with E-state index in [4.69, 9.17) is 0 Å². The van der Waals surface area contributed by atoms with Gasteiger partial charge in [0.15, 0.2) is 5.13 Å². The van der Waals surface area contributed by atoms with Gasteiger partial charge in [0.1, 0.15) is 5.82 Å². The third kappa shape index (κ3) is 4.47. The molecule has 144 valence electrons. The Hall–Kier alpha value is -1.99. The van der Waals surface area contributed by atoms with Crippen molar-refractivity contribution >= 4 is 28.2 Å². The Morgan fingerprint density at radius 1 is 1.26 bits per heavy atom. The summed E-state index contributed by atoms with van der Waals surface area (Å²) in [4.78, 5) is 24.7. The SMILES string of the molecule is Cc1cnc(Nc2cc(C3CCN(C(=O)C4CCCCN4)CC3)ccn2)s1. The molecule has 4 rings (SSSR count). The lowest BCUT2D eigenvalue weighted by Crippen LogP contribution is -2.50. The summed E-state index contributed by atoms with van der Waals surface area (Å²) in [5.41, 5.74) is 1.30. The Bertz CT molecular complexity index is 778. The van der Waals surface area contributed by atoms with Crippen LogP contribution in [0.15, 0.2) is 24.5 Å². The summed E-state index contributed by atoms with van der Waals surface area (Å²) >= 11 is 1.63. The highest BCUT2D eigenvalue weighted by Gasteiger charge is 2.29. The molecule has 2 N–H and O–H groups in total. The molecule has 1 unspecified atom stereocenters. The molecule has 2 aromatic rings. The topological polar surface area (TPSA) is 70.2 Å². The maximum Gasteiger partial charge on any atom is 0.239 e. The average molecular weight is 386 g/mol. The summed E-state index contributed by atoms with van der Waals surface area (Å²) in [7, 11) is 0. The van der Waals surface area contributed by atoms with Crippen molar-refractivity contribution in [2.45, 2.75) is 51.0 Å². The molecule has 2 fully saturated rings. The Morgan fingerprint density at radius 2 is 2.11 bits per heavy atom. The third-order valence-corrected chi connectivity index (χ3v) is 6.35. The van der Waals surface area contributed by atoms with Gasteiger partial charge in [-0.2, -0.15) is 0 Å². The zero-order chi connectivity index (χ0) is 18.6. The molecule has 27 heavy (non-hydrogen) atoms. The first-order valence-corrected chi connectivity index (χ1v) is 10.7. The van der Waals surface area contributed by atoms with Crippen molar-refractivity contribution in [1.29, 1.82) is 0 Å². The lowest BCUT2D eigenvalue weighted by atomic mass is 9.89. The molecule has 0 saturated carbocycles. The molecule has 2 aliphatic heterocycles. The van der Waals surface area contributed by atoms with Crippen LogP contribution in [0.25, 0.3) is 0 Å². The van der Waals surface area contributed by atoms with Crippen molar-refractivity contribution in [2.75, 3.05) is 25.0 Å². The fourth-order valence-electron chi connectivity index (χ4n) is 4.01. The van der Waals surface area contributed by atoms with E-state index >= 15 is 0 Å². The minimum absolute atomic E-state index is 0.0359. The second kappa shape index (κ2) is 8.35. The van der Waals surface area contributed by atoms with E-state index in [9.17, 15) is 4.79 Å². The number of hydrogen-bond donors (Lipinski definition) is 2. The van der Waals surface area contributed by atoms with Gasteiger partial charge in [0, 0.05) is 30.4 Å². The number of amides is 1. The Labute approximate surface area is 164 Å². The first-order chi connectivity index (χ1) is 13.2. The predicted octanol–water partition coefficient (Wildman–Crippen LogP) is 3.44. The maximum atomic E-state index is 12.7. The van der Waals surface area contributed by atoms with Crippen LogP contribution in [0.4, 0.5) is 10.9 Å². The van der Waals surface area contributed by atoms with Crippen LogP contribution < -0.4 is 10.6 Å². The van der Waals surface area contributed by atoms with Crippen molar-refractivity contribution in [1.82, 2.24) is 20.2 Å². The van der Waals surface area contributed by atoms with E-state index in [2.05, 4.69) is 37.6 Å². The van der Waals surface area contributed by atoms with Gasteiger partial charge in [0.25, 0.3) is 0 Å². The summed E-state index contributed by atoms with van der Waals surface area (Å²) in [5.74, 6) is 1.62. The van der Waals surface area contributed by atoms with Gasteiger partial charge in [-0.25, -0.2) is 9.97 Å². The lowest BCUT2D eigenvalue weighted by Gasteiger charge is -2.35. The van der Waals surface area contributed by atoms with Gasteiger partial charge >= 0.3 is 0 Å². The van der Waals surface area contributed by atoms with E-state index in [1.54, 1.807) is 11.3 Å². The van der Waals surface area contributed by atoms with Gasteiger partial charge in [0.2, 0.25) is 5.91 Å². The number of anilines is 2. The van der Waals surface area contributed by atoms with Crippen LogP contribution in [0.2, 0.25) is 0 Å². The normalized spacial score (nSPS) is 21.2. The number of thiazole rings is 1. The number of nitrogens with zero attached hydrogens (tertiary/aromatic N) is 3. The first kappa shape index (κ1) is 18.4. The molecule has 4 heterocycles. The summed E-state index contributed by atoms with van der Waals surface area (Å²) in [6.45, 7) is 4.71. The van der Waals surface area contributed by atoms with Gasteiger partial charge < -0.3 is 15.5 Å². The molecule has 0 aliphatic carbocycles. The highest BCUT2D eigenvalue weighted by atomic mass is 32.1. The molecule has 0 spiro atoms. The minimum atomic E-state index is 0.0359. The fourth-order valence-corrected chi connectivity index (χ4v) is 4.68. The number of piperidine rings is 2. The van der Waals surface area contributed by atoms with E-state index in [0.717, 1.165) is 56.3 Å². The van der Waals surface area contributed by atoms with E-state index in [1.807, 2.05) is 19.3 Å². The molecule has 0 radical (unpaired) electrons. The van der Waals surface area contributed by atoms with Crippen LogP contribution in [0, 0.1) is 6.92 Å². The molecule has 7 heteroatoms. The van der Waals surface area contributed by atoms with E-state index in [0.29, 0.717) is 11.8 Å². The summed E-state index contributed by atoms with van der Waals surface area (Å²) < 4.78 is 0. The molecular weight excluding hydrogens is 358 g/mol. The number of hydrogen-bond acceptors (Lipinski definition) is 6. The molecule has 2 aliphatic rings. The zero-order valence-electron chi connectivity index (χ0n) is 15.8. The van der Waals surface area contributed by atoms with Gasteiger partial charge in [-0.1, -0.05) is 6.42 Å². The second-order valence-electron chi connectivity index (χ2n) is 7.48. The van der Waals surface area contributed by atoms with Crippen molar-refractivity contribution < 1.29 is 4.79 Å². The van der Waals surface area contributed by atoms with Gasteiger partial charge in [-0.05, 0) is 62.8 Å². The molecule has 0 bridgehead atoms. The van der Waals surface area contributed by atoms with E-state index < -0.39 is 0 Å². The predicted molar refractivity (Wildman–Crippen MR) is 109 cm³/mol. The second-order valence-corrected chi connectivity index (χ2v) is 8.71. The quantitative estimate of drug-likeness (QED) is 0.844. The highest BCUT2D eigenvalue weighted by molar-refractivity contribution is 7.15. The summed E-state index contributed by atoms with van der Waals surface area (Å²) in [6, 6.07) is 4.26. The van der Waals surface area contributed by atoms with Crippen molar-refractivity contribution in [3.63, 3.8) is 0 Å². The van der Waals surface area contributed by atoms with Crippen LogP contribution in [0.5, 0.6) is 0 Å². The largest absolute Gasteiger partial charge is 0.341 e. The van der Waals surface area contributed by atoms with Crippen LogP contribution in [0.1, 0.15) is 48.5 Å². The number of aryl methyl sites for hydroxylation is 1. The van der Waals surface area contributed by atoms with Gasteiger partial charge in [0.05, 0.1) is 6.04 Å². The molecule has 0 aromatic carbocycles. The molecule has 1 atom stereocenters. The third-order valence-electron chi connectivity index (χ3n) is 5.53. The lowest BCUT2D eigenvalue weighted by molar-refractivity contribution is -0.135. The van der Waals surface area contributed by atoms with E-state index in [1.165, 1.54) is 16.9 Å². The van der Waals surface area contributed by atoms with Crippen LogP contribution >= 0.6 is 11.3 Å². The summed E-state index contributed by atoms with van der Waals surface area (Å²) in [5, 5.41) is 7.55. The molecule has 6 nitrogen and oxygen atoms in total. The fraction of sp³-hybridized carbons (Fsp3) is 0.550. The van der Waals surface area contributed by atoms with Crippen LogP contribution in [0.3, 0.4) is 0 Å². The smallest absolute Gasteiger partial charge is 0.239 e. The number of nitrogens with one attached hydrogen (secondary N) is 2. The van der Waals surface area contributed by atoms with Crippen molar-refractivity contribution in [2.24, 2.45) is 0 Å². The minimum Gasteiger partial charge on any atom is -0.341 e. The monoisotopic (exact) mass is 385 g/mol. The number of carbonyl (C=O) groups excluding carboxylic acids is 1. The molecule has 1 amide bonds.